The van der Waals surface area contributed by atoms with Gasteiger partial charge in [-0.3, -0.25) is 13.9 Å². The fraction of sp³-hybridized carbons (Fsp3) is 0.464. The molecule has 11 heteroatoms. The average Bonchev–Trinajstić information content (AvgIpc) is 3.58. The summed E-state index contributed by atoms with van der Waals surface area (Å²) < 4.78 is 26.6. The van der Waals surface area contributed by atoms with Crippen LogP contribution in [0.4, 0.5) is 0 Å². The summed E-state index contributed by atoms with van der Waals surface area (Å²) >= 11 is 1.35. The number of benzene rings is 1. The fourth-order valence-electron chi connectivity index (χ4n) is 5.57. The number of rotatable bonds is 8. The van der Waals surface area contributed by atoms with E-state index in [4.69, 9.17) is 18.6 Å². The predicted molar refractivity (Wildman–Crippen MR) is 148 cm³/mol. The van der Waals surface area contributed by atoms with Crippen molar-refractivity contribution >= 4 is 21.6 Å². The molecule has 0 radical (unpaired) electrons. The van der Waals surface area contributed by atoms with Crippen molar-refractivity contribution in [3.8, 4) is 16.5 Å². The molecule has 0 aliphatic carbocycles. The lowest BCUT2D eigenvalue weighted by atomic mass is 10.1. The highest BCUT2D eigenvalue weighted by atomic mass is 32.1. The molecular weight excluding hydrogens is 520 g/mol. The van der Waals surface area contributed by atoms with Crippen molar-refractivity contribution in [1.82, 2.24) is 19.0 Å². The number of oxazole rings is 1. The number of hydrogen-bond donors (Lipinski definition) is 0. The molecule has 2 aliphatic heterocycles. The number of aromatic nitrogens is 3. The first-order valence-electron chi connectivity index (χ1n) is 13.2. The summed E-state index contributed by atoms with van der Waals surface area (Å²) in [7, 11) is 3.61. The van der Waals surface area contributed by atoms with E-state index in [1.807, 2.05) is 38.2 Å². The van der Waals surface area contributed by atoms with E-state index >= 15 is 0 Å². The van der Waals surface area contributed by atoms with E-state index in [2.05, 4.69) is 9.88 Å². The Morgan fingerprint density at radius 3 is 2.64 bits per heavy atom. The summed E-state index contributed by atoms with van der Waals surface area (Å²) in [5.74, 6) is 1.12. The van der Waals surface area contributed by atoms with Gasteiger partial charge in [-0.1, -0.05) is 18.2 Å². The standard InChI is InChI=1S/C28H32N4O6S/c1-17-23-26(33)32(18-14-30(2)15-18)28(34)31(27(23)39-24(17)25-29-10-13-37-25)16-22(38-19-8-11-36-12-9-19)20-6-4-5-7-21(20)35-3/h4-7,10,13,18-19,22H,8-9,11-12,14-16H2,1-3H3. The number of nitrogens with zero attached hydrogens (tertiary/aromatic N) is 4. The number of methoxy groups -OCH3 is 1. The second-order valence-electron chi connectivity index (χ2n) is 10.2. The van der Waals surface area contributed by atoms with Crippen molar-refractivity contribution in [3.63, 3.8) is 0 Å². The van der Waals surface area contributed by atoms with Crippen LogP contribution in [0.2, 0.25) is 0 Å². The van der Waals surface area contributed by atoms with Gasteiger partial charge in [0.1, 0.15) is 22.9 Å². The molecule has 3 aromatic heterocycles. The van der Waals surface area contributed by atoms with Crippen LogP contribution in [0.5, 0.6) is 5.75 Å². The molecule has 0 amide bonds. The third-order valence-electron chi connectivity index (χ3n) is 7.64. The maximum Gasteiger partial charge on any atom is 0.332 e. The van der Waals surface area contributed by atoms with Gasteiger partial charge in [-0.05, 0) is 38.4 Å². The minimum Gasteiger partial charge on any atom is -0.496 e. The molecule has 1 atom stereocenters. The van der Waals surface area contributed by atoms with E-state index in [1.165, 1.54) is 22.2 Å². The summed E-state index contributed by atoms with van der Waals surface area (Å²) in [6, 6.07) is 7.54. The zero-order valence-corrected chi connectivity index (χ0v) is 23.1. The van der Waals surface area contributed by atoms with E-state index in [9.17, 15) is 9.59 Å². The van der Waals surface area contributed by atoms with Gasteiger partial charge in [-0.25, -0.2) is 9.78 Å². The molecule has 0 saturated carbocycles. The predicted octanol–water partition coefficient (Wildman–Crippen LogP) is 3.62. The van der Waals surface area contributed by atoms with Gasteiger partial charge in [0.25, 0.3) is 5.56 Å². The molecule has 1 unspecified atom stereocenters. The van der Waals surface area contributed by atoms with E-state index < -0.39 is 6.10 Å². The molecule has 0 bridgehead atoms. The SMILES string of the molecule is COc1ccccc1C(Cn1c(=O)n(C2CN(C)C2)c(=O)c2c(C)c(-c3ncco3)sc21)OC1CCOCC1. The second kappa shape index (κ2) is 10.7. The van der Waals surface area contributed by atoms with Gasteiger partial charge in [-0.15, -0.1) is 11.3 Å². The van der Waals surface area contributed by atoms with Crippen LogP contribution in [0, 0.1) is 6.92 Å². The number of hydrogen-bond acceptors (Lipinski definition) is 9. The van der Waals surface area contributed by atoms with Crippen LogP contribution < -0.4 is 16.0 Å². The molecular formula is C28H32N4O6S. The normalized spacial score (nSPS) is 17.9. The first kappa shape index (κ1) is 26.0. The van der Waals surface area contributed by atoms with Crippen molar-refractivity contribution < 1.29 is 18.6 Å². The van der Waals surface area contributed by atoms with Crippen LogP contribution in [0.3, 0.4) is 0 Å². The third-order valence-corrected chi connectivity index (χ3v) is 8.94. The smallest absolute Gasteiger partial charge is 0.332 e. The molecule has 2 aliphatic rings. The maximum atomic E-state index is 14.1. The molecule has 4 aromatic rings. The molecule has 5 heterocycles. The quantitative estimate of drug-likeness (QED) is 0.327. The second-order valence-corrected chi connectivity index (χ2v) is 11.2. The summed E-state index contributed by atoms with van der Waals surface area (Å²) in [6.07, 6.45) is 4.14. The molecule has 206 valence electrons. The zero-order chi connectivity index (χ0) is 27.1. The van der Waals surface area contributed by atoms with Gasteiger partial charge in [0, 0.05) is 31.9 Å². The lowest BCUT2D eigenvalue weighted by Gasteiger charge is -2.37. The number of para-hydroxylation sites is 1. The van der Waals surface area contributed by atoms with Gasteiger partial charge in [0.15, 0.2) is 0 Å². The van der Waals surface area contributed by atoms with Crippen LogP contribution >= 0.6 is 11.3 Å². The van der Waals surface area contributed by atoms with Crippen molar-refractivity contribution in [3.05, 3.63) is 68.7 Å². The molecule has 2 saturated heterocycles. The topological polar surface area (TPSA) is 101 Å². The molecule has 39 heavy (non-hydrogen) atoms. The number of ether oxygens (including phenoxy) is 3. The molecule has 0 N–H and O–H groups in total. The Morgan fingerprint density at radius 1 is 1.18 bits per heavy atom. The van der Waals surface area contributed by atoms with Gasteiger partial charge >= 0.3 is 5.69 Å². The Hall–Kier alpha value is -3.25. The van der Waals surface area contributed by atoms with Crippen LogP contribution in [0.15, 0.2) is 50.7 Å². The Labute approximate surface area is 229 Å². The van der Waals surface area contributed by atoms with Gasteiger partial charge < -0.3 is 23.5 Å². The molecule has 1 aromatic carbocycles. The lowest BCUT2D eigenvalue weighted by Crippen LogP contribution is -2.54. The molecule has 10 nitrogen and oxygen atoms in total. The van der Waals surface area contributed by atoms with Gasteiger partial charge in [-0.2, -0.15) is 0 Å². The highest BCUT2D eigenvalue weighted by Gasteiger charge is 2.33. The van der Waals surface area contributed by atoms with Gasteiger partial charge in [0.05, 0.1) is 42.3 Å². The number of aryl methyl sites for hydroxylation is 1. The van der Waals surface area contributed by atoms with E-state index in [1.54, 1.807) is 17.9 Å². The Balaban J connectivity index is 1.53. The van der Waals surface area contributed by atoms with Crippen LogP contribution in [0.25, 0.3) is 21.0 Å². The van der Waals surface area contributed by atoms with Crippen LogP contribution in [0.1, 0.15) is 36.1 Å². The molecule has 0 spiro atoms. The summed E-state index contributed by atoms with van der Waals surface area (Å²) in [4.78, 5) is 35.7. The van der Waals surface area contributed by atoms with Crippen molar-refractivity contribution in [2.45, 2.75) is 44.6 Å². The Kier molecular flexibility index (Phi) is 7.15. The highest BCUT2D eigenvalue weighted by molar-refractivity contribution is 7.22. The largest absolute Gasteiger partial charge is 0.496 e. The highest BCUT2D eigenvalue weighted by Crippen LogP contribution is 2.37. The summed E-state index contributed by atoms with van der Waals surface area (Å²) in [5.41, 5.74) is 1.02. The van der Waals surface area contributed by atoms with Crippen molar-refractivity contribution in [2.24, 2.45) is 0 Å². The Bertz CT molecular complexity index is 1580. The number of fused-ring (bicyclic) bond motifs is 1. The van der Waals surface area contributed by atoms with E-state index in [0.717, 1.165) is 28.8 Å². The number of thiophene rings is 1. The number of likely N-dealkylation sites (N-methyl/N-ethyl adjacent to an activating group) is 1. The van der Waals surface area contributed by atoms with E-state index in [-0.39, 0.29) is 29.9 Å². The average molecular weight is 553 g/mol. The zero-order valence-electron chi connectivity index (χ0n) is 22.3. The fourth-order valence-corrected chi connectivity index (χ4v) is 6.82. The summed E-state index contributed by atoms with van der Waals surface area (Å²) in [5, 5.41) is 0.521. The Morgan fingerprint density at radius 2 is 1.95 bits per heavy atom. The lowest BCUT2D eigenvalue weighted by molar-refractivity contribution is -0.0753. The van der Waals surface area contributed by atoms with Crippen molar-refractivity contribution in [2.75, 3.05) is 40.5 Å². The summed E-state index contributed by atoms with van der Waals surface area (Å²) in [6.45, 7) is 4.67. The maximum absolute atomic E-state index is 14.1. The minimum absolute atomic E-state index is 0.0148. The van der Waals surface area contributed by atoms with E-state index in [0.29, 0.717) is 48.2 Å². The molecule has 2 fully saturated rings. The van der Waals surface area contributed by atoms with Crippen LogP contribution in [-0.2, 0) is 16.0 Å². The third kappa shape index (κ3) is 4.73. The van der Waals surface area contributed by atoms with Crippen LogP contribution in [-0.4, -0.2) is 65.6 Å². The minimum atomic E-state index is -0.479. The monoisotopic (exact) mass is 552 g/mol. The van der Waals surface area contributed by atoms with Crippen molar-refractivity contribution in [1.29, 1.82) is 0 Å². The molecule has 6 rings (SSSR count). The van der Waals surface area contributed by atoms with Gasteiger partial charge in [0.2, 0.25) is 5.89 Å². The first-order chi connectivity index (χ1) is 19.0. The first-order valence-corrected chi connectivity index (χ1v) is 14.0. The number of likely N-dealkylation sites (tertiary alicyclic amines) is 1.